The summed E-state index contributed by atoms with van der Waals surface area (Å²) >= 11 is 0. The highest BCUT2D eigenvalue weighted by Gasteiger charge is 2.16. The third kappa shape index (κ3) is 4.60. The van der Waals surface area contributed by atoms with Crippen LogP contribution in [0.2, 0.25) is 0 Å². The minimum absolute atomic E-state index is 0.145. The van der Waals surface area contributed by atoms with E-state index < -0.39 is 23.4 Å². The number of amides is 2. The van der Waals surface area contributed by atoms with Gasteiger partial charge < -0.3 is 10.2 Å². The molecule has 2 amide bonds. The number of nitrogens with one attached hydrogen (secondary N) is 1. The van der Waals surface area contributed by atoms with Crippen LogP contribution >= 0.6 is 0 Å². The van der Waals surface area contributed by atoms with Crippen LogP contribution in [0, 0.1) is 18.6 Å². The maximum atomic E-state index is 13.1. The van der Waals surface area contributed by atoms with Crippen molar-refractivity contribution in [2.24, 2.45) is 0 Å². The summed E-state index contributed by atoms with van der Waals surface area (Å²) in [6.45, 7) is 1.70. The van der Waals surface area contributed by atoms with Gasteiger partial charge in [0.15, 0.2) is 0 Å². The van der Waals surface area contributed by atoms with E-state index in [0.29, 0.717) is 11.8 Å². The first kappa shape index (κ1) is 16.6. The van der Waals surface area contributed by atoms with Crippen LogP contribution in [0.3, 0.4) is 0 Å². The molecule has 1 N–H and O–H groups in total. The van der Waals surface area contributed by atoms with Crippen molar-refractivity contribution in [2.45, 2.75) is 6.92 Å². The minimum Gasteiger partial charge on any atom is -0.332 e. The third-order valence-electron chi connectivity index (χ3n) is 3.17. The van der Waals surface area contributed by atoms with Crippen molar-refractivity contribution in [3.05, 3.63) is 65.2 Å². The second-order valence-electron chi connectivity index (χ2n) is 5.23. The van der Waals surface area contributed by atoms with Gasteiger partial charge in [0.1, 0.15) is 11.6 Å². The van der Waals surface area contributed by atoms with Crippen molar-refractivity contribution >= 4 is 17.5 Å². The summed E-state index contributed by atoms with van der Waals surface area (Å²) in [4.78, 5) is 25.1. The predicted molar refractivity (Wildman–Crippen MR) is 83.1 cm³/mol. The minimum atomic E-state index is -0.842. The van der Waals surface area contributed by atoms with Gasteiger partial charge in [0.05, 0.1) is 6.54 Å². The summed E-state index contributed by atoms with van der Waals surface area (Å²) in [5, 5.41) is 2.65. The second-order valence-corrected chi connectivity index (χ2v) is 5.23. The van der Waals surface area contributed by atoms with E-state index in [1.165, 1.54) is 7.05 Å². The van der Waals surface area contributed by atoms with Crippen molar-refractivity contribution in [3.63, 3.8) is 0 Å². The van der Waals surface area contributed by atoms with Gasteiger partial charge in [-0.1, -0.05) is 17.7 Å². The molecule has 2 aromatic rings. The summed E-state index contributed by atoms with van der Waals surface area (Å²) < 4.78 is 26.3. The Morgan fingerprint density at radius 3 is 2.17 bits per heavy atom. The Morgan fingerprint density at radius 2 is 1.61 bits per heavy atom. The van der Waals surface area contributed by atoms with E-state index in [2.05, 4.69) is 5.32 Å². The Hall–Kier alpha value is -2.76. The first-order valence-electron chi connectivity index (χ1n) is 6.93. The number of hydrogen-bond acceptors (Lipinski definition) is 2. The number of carbonyl (C=O) groups excluding carboxylic acids is 2. The van der Waals surface area contributed by atoms with Crippen LogP contribution in [-0.4, -0.2) is 30.3 Å². The molecule has 0 spiro atoms. The SMILES string of the molecule is Cc1ccc(NC(=O)CN(C)C(=O)c2cc(F)cc(F)c2)cc1. The number of rotatable bonds is 4. The molecule has 0 aliphatic carbocycles. The van der Waals surface area contributed by atoms with E-state index in [0.717, 1.165) is 22.6 Å². The number of likely N-dealkylation sites (N-methyl/N-ethyl adjacent to an activating group) is 1. The molecule has 0 unspecified atom stereocenters. The molecule has 2 rings (SSSR count). The maximum absolute atomic E-state index is 13.1. The van der Waals surface area contributed by atoms with Gasteiger partial charge in [-0.3, -0.25) is 9.59 Å². The van der Waals surface area contributed by atoms with Crippen molar-refractivity contribution in [1.29, 1.82) is 0 Å². The molecule has 0 aliphatic heterocycles. The first-order chi connectivity index (χ1) is 10.8. The lowest BCUT2D eigenvalue weighted by Crippen LogP contribution is -2.35. The fourth-order valence-corrected chi connectivity index (χ4v) is 2.02. The zero-order valence-corrected chi connectivity index (χ0v) is 12.8. The Balaban J connectivity index is 1.99. The van der Waals surface area contributed by atoms with E-state index in [9.17, 15) is 18.4 Å². The molecule has 23 heavy (non-hydrogen) atoms. The molecular formula is C17H16F2N2O2. The monoisotopic (exact) mass is 318 g/mol. The van der Waals surface area contributed by atoms with Gasteiger partial charge in [0.2, 0.25) is 5.91 Å². The van der Waals surface area contributed by atoms with Crippen LogP contribution in [0.5, 0.6) is 0 Å². The van der Waals surface area contributed by atoms with E-state index in [1.807, 2.05) is 19.1 Å². The molecule has 0 heterocycles. The zero-order valence-electron chi connectivity index (χ0n) is 12.8. The van der Waals surface area contributed by atoms with Crippen molar-refractivity contribution in [3.8, 4) is 0 Å². The van der Waals surface area contributed by atoms with Crippen LogP contribution < -0.4 is 5.32 Å². The largest absolute Gasteiger partial charge is 0.332 e. The van der Waals surface area contributed by atoms with Crippen LogP contribution in [0.1, 0.15) is 15.9 Å². The fraction of sp³-hybridized carbons (Fsp3) is 0.176. The van der Waals surface area contributed by atoms with Crippen molar-refractivity contribution in [2.75, 3.05) is 18.9 Å². The molecule has 0 bridgehead atoms. The van der Waals surface area contributed by atoms with E-state index in [1.54, 1.807) is 12.1 Å². The number of anilines is 1. The number of aryl methyl sites for hydroxylation is 1. The number of hydrogen-bond donors (Lipinski definition) is 1. The average Bonchev–Trinajstić information content (AvgIpc) is 2.47. The topological polar surface area (TPSA) is 49.4 Å². The van der Waals surface area contributed by atoms with Crippen LogP contribution in [0.4, 0.5) is 14.5 Å². The lowest BCUT2D eigenvalue weighted by molar-refractivity contribution is -0.116. The molecule has 0 fully saturated rings. The summed E-state index contributed by atoms with van der Waals surface area (Å²) in [6.07, 6.45) is 0. The Kier molecular flexibility index (Phi) is 5.05. The molecule has 0 saturated heterocycles. The highest BCUT2D eigenvalue weighted by molar-refractivity contribution is 5.99. The van der Waals surface area contributed by atoms with Gasteiger partial charge in [-0.15, -0.1) is 0 Å². The molecule has 0 atom stereocenters. The van der Waals surface area contributed by atoms with Gasteiger partial charge in [-0.2, -0.15) is 0 Å². The lowest BCUT2D eigenvalue weighted by atomic mass is 10.2. The van der Waals surface area contributed by atoms with Gasteiger partial charge in [-0.25, -0.2) is 8.78 Å². The standard InChI is InChI=1S/C17H16F2N2O2/c1-11-3-5-15(6-4-11)20-16(22)10-21(2)17(23)12-7-13(18)9-14(19)8-12/h3-9H,10H2,1-2H3,(H,20,22). The summed E-state index contributed by atoms with van der Waals surface area (Å²) in [6, 6.07) is 9.73. The van der Waals surface area contributed by atoms with Crippen molar-refractivity contribution < 1.29 is 18.4 Å². The van der Waals surface area contributed by atoms with Crippen LogP contribution in [-0.2, 0) is 4.79 Å². The molecular weight excluding hydrogens is 302 g/mol. The molecule has 0 radical (unpaired) electrons. The van der Waals surface area contributed by atoms with Crippen LogP contribution in [0.25, 0.3) is 0 Å². The molecule has 2 aromatic carbocycles. The Labute approximate surface area is 132 Å². The average molecular weight is 318 g/mol. The molecule has 0 aliphatic rings. The van der Waals surface area contributed by atoms with Crippen LogP contribution in [0.15, 0.2) is 42.5 Å². The van der Waals surface area contributed by atoms with E-state index in [4.69, 9.17) is 0 Å². The maximum Gasteiger partial charge on any atom is 0.254 e. The normalized spacial score (nSPS) is 10.3. The Morgan fingerprint density at radius 1 is 1.04 bits per heavy atom. The molecule has 4 nitrogen and oxygen atoms in total. The fourth-order valence-electron chi connectivity index (χ4n) is 2.02. The predicted octanol–water partition coefficient (Wildman–Crippen LogP) is 2.98. The highest BCUT2D eigenvalue weighted by Crippen LogP contribution is 2.11. The molecule has 6 heteroatoms. The molecule has 0 saturated carbocycles. The zero-order chi connectivity index (χ0) is 17.0. The molecule has 0 aromatic heterocycles. The quantitative estimate of drug-likeness (QED) is 0.942. The van der Waals surface area contributed by atoms with Gasteiger partial charge in [0, 0.05) is 24.4 Å². The number of halogens is 2. The lowest BCUT2D eigenvalue weighted by Gasteiger charge is -2.17. The van der Waals surface area contributed by atoms with Gasteiger partial charge >= 0.3 is 0 Å². The number of nitrogens with zero attached hydrogens (tertiary/aromatic N) is 1. The number of carbonyl (C=O) groups is 2. The molecule has 120 valence electrons. The second kappa shape index (κ2) is 7.00. The Bertz CT molecular complexity index is 710. The number of benzene rings is 2. The van der Waals surface area contributed by atoms with E-state index in [-0.39, 0.29) is 12.1 Å². The van der Waals surface area contributed by atoms with E-state index >= 15 is 0 Å². The summed E-state index contributed by atoms with van der Waals surface area (Å²) in [5.74, 6) is -2.72. The smallest absolute Gasteiger partial charge is 0.254 e. The summed E-state index contributed by atoms with van der Waals surface area (Å²) in [7, 11) is 1.39. The van der Waals surface area contributed by atoms with Gasteiger partial charge in [0.25, 0.3) is 5.91 Å². The van der Waals surface area contributed by atoms with Gasteiger partial charge in [-0.05, 0) is 31.2 Å². The third-order valence-corrected chi connectivity index (χ3v) is 3.17. The van der Waals surface area contributed by atoms with Crippen molar-refractivity contribution in [1.82, 2.24) is 4.90 Å². The first-order valence-corrected chi connectivity index (χ1v) is 6.93. The highest BCUT2D eigenvalue weighted by atomic mass is 19.1. The summed E-state index contributed by atoms with van der Waals surface area (Å²) in [5.41, 5.74) is 1.52.